The van der Waals surface area contributed by atoms with E-state index in [1.54, 1.807) is 42.5 Å². The summed E-state index contributed by atoms with van der Waals surface area (Å²) in [5, 5.41) is 12.2. The summed E-state index contributed by atoms with van der Waals surface area (Å²) in [5.41, 5.74) is 2.94. The van der Waals surface area contributed by atoms with Crippen molar-refractivity contribution in [2.24, 2.45) is 0 Å². The van der Waals surface area contributed by atoms with E-state index in [9.17, 15) is 14.7 Å². The van der Waals surface area contributed by atoms with Gasteiger partial charge in [-0.3, -0.25) is 14.5 Å². The standard InChI is InChI=1S/C28H23ClN2O4S/c1-3-16-5-7-17(8-6-16)24-23(25(32)18-9-12-20(13-10-18)35-4-2)26(33)27(34)31(24)28-30-21-14-11-19(29)15-22(21)36-28/h5-15,24,32H,3-4H2,1-2H3/b25-23+. The van der Waals surface area contributed by atoms with Gasteiger partial charge in [-0.05, 0) is 66.9 Å². The lowest BCUT2D eigenvalue weighted by atomic mass is 9.94. The van der Waals surface area contributed by atoms with Gasteiger partial charge in [0, 0.05) is 10.6 Å². The smallest absolute Gasteiger partial charge is 0.301 e. The molecule has 5 rings (SSSR count). The Morgan fingerprint density at radius 1 is 1.06 bits per heavy atom. The Hall–Kier alpha value is -3.68. The normalized spacial score (nSPS) is 17.2. The number of fused-ring (bicyclic) bond motifs is 1. The van der Waals surface area contributed by atoms with Gasteiger partial charge in [0.2, 0.25) is 0 Å². The van der Waals surface area contributed by atoms with E-state index in [1.807, 2.05) is 31.2 Å². The van der Waals surface area contributed by atoms with Crippen LogP contribution in [0, 0.1) is 0 Å². The van der Waals surface area contributed by atoms with Crippen molar-refractivity contribution in [1.29, 1.82) is 0 Å². The fraction of sp³-hybridized carbons (Fsp3) is 0.179. The Kier molecular flexibility index (Phi) is 6.51. The van der Waals surface area contributed by atoms with Crippen molar-refractivity contribution < 1.29 is 19.4 Å². The molecule has 1 aliphatic rings. The second-order valence-corrected chi connectivity index (χ2v) is 9.78. The minimum Gasteiger partial charge on any atom is -0.507 e. The second kappa shape index (κ2) is 9.76. The summed E-state index contributed by atoms with van der Waals surface area (Å²) in [6, 6.07) is 18.9. The average Bonchev–Trinajstić information content (AvgIpc) is 3.42. The van der Waals surface area contributed by atoms with Crippen LogP contribution in [0.15, 0.2) is 72.3 Å². The van der Waals surface area contributed by atoms with E-state index in [-0.39, 0.29) is 11.3 Å². The maximum atomic E-state index is 13.4. The molecule has 1 unspecified atom stereocenters. The van der Waals surface area contributed by atoms with Gasteiger partial charge < -0.3 is 9.84 Å². The molecule has 8 heteroatoms. The SMILES string of the molecule is CCOc1ccc(/C(O)=C2\C(=O)C(=O)N(c3nc4ccc(Cl)cc4s3)C2c2ccc(CC)cc2)cc1. The van der Waals surface area contributed by atoms with Gasteiger partial charge >= 0.3 is 5.91 Å². The fourth-order valence-corrected chi connectivity index (χ4v) is 5.57. The molecular weight excluding hydrogens is 496 g/mol. The summed E-state index contributed by atoms with van der Waals surface area (Å²) < 4.78 is 6.28. The number of aromatic nitrogens is 1. The summed E-state index contributed by atoms with van der Waals surface area (Å²) in [4.78, 5) is 32.8. The first-order valence-electron chi connectivity index (χ1n) is 11.6. The Bertz CT molecular complexity index is 1490. The molecule has 1 N–H and O–H groups in total. The molecule has 1 saturated heterocycles. The number of ether oxygens (including phenoxy) is 1. The van der Waals surface area contributed by atoms with Crippen LogP contribution in [0.2, 0.25) is 5.02 Å². The number of amides is 1. The number of carbonyl (C=O) groups is 2. The molecule has 1 fully saturated rings. The zero-order chi connectivity index (χ0) is 25.4. The van der Waals surface area contributed by atoms with E-state index in [2.05, 4.69) is 11.9 Å². The lowest BCUT2D eigenvalue weighted by Crippen LogP contribution is -2.29. The highest BCUT2D eigenvalue weighted by Gasteiger charge is 2.48. The van der Waals surface area contributed by atoms with Gasteiger partial charge in [-0.2, -0.15) is 0 Å². The molecule has 1 aromatic heterocycles. The van der Waals surface area contributed by atoms with Crippen LogP contribution in [-0.2, 0) is 16.0 Å². The molecule has 182 valence electrons. The molecule has 4 aromatic rings. The maximum absolute atomic E-state index is 13.4. The Morgan fingerprint density at radius 2 is 1.78 bits per heavy atom. The van der Waals surface area contributed by atoms with Crippen molar-refractivity contribution in [3.8, 4) is 5.75 Å². The number of ketones is 1. The monoisotopic (exact) mass is 518 g/mol. The summed E-state index contributed by atoms with van der Waals surface area (Å²) in [6.45, 7) is 4.45. The number of Topliss-reactive ketones (excluding diaryl/α,β-unsaturated/α-hetero) is 1. The molecule has 6 nitrogen and oxygen atoms in total. The molecule has 0 spiro atoms. The van der Waals surface area contributed by atoms with Crippen molar-refractivity contribution in [2.75, 3.05) is 11.5 Å². The molecule has 0 aliphatic carbocycles. The van der Waals surface area contributed by atoms with Crippen LogP contribution < -0.4 is 9.64 Å². The number of halogens is 1. The van der Waals surface area contributed by atoms with Gasteiger partial charge in [-0.1, -0.05) is 54.1 Å². The number of carbonyl (C=O) groups excluding carboxylic acids is 2. The summed E-state index contributed by atoms with van der Waals surface area (Å²) >= 11 is 7.42. The predicted molar refractivity (Wildman–Crippen MR) is 143 cm³/mol. The number of benzene rings is 3. The zero-order valence-electron chi connectivity index (χ0n) is 19.7. The fourth-order valence-electron chi connectivity index (χ4n) is 4.30. The quantitative estimate of drug-likeness (QED) is 0.178. The first kappa shape index (κ1) is 24.0. The molecular formula is C28H23ClN2O4S. The molecule has 0 saturated carbocycles. The van der Waals surface area contributed by atoms with E-state index < -0.39 is 17.7 Å². The Labute approximate surface area is 217 Å². The lowest BCUT2D eigenvalue weighted by molar-refractivity contribution is -0.132. The van der Waals surface area contributed by atoms with Gasteiger partial charge in [0.1, 0.15) is 11.5 Å². The van der Waals surface area contributed by atoms with Gasteiger partial charge in [0.15, 0.2) is 5.13 Å². The van der Waals surface area contributed by atoms with Crippen LogP contribution in [0.3, 0.4) is 0 Å². The zero-order valence-corrected chi connectivity index (χ0v) is 21.3. The third kappa shape index (κ3) is 4.25. The molecule has 1 amide bonds. The van der Waals surface area contributed by atoms with Gasteiger partial charge in [0.05, 0.1) is 28.4 Å². The molecule has 0 bridgehead atoms. The lowest BCUT2D eigenvalue weighted by Gasteiger charge is -2.23. The molecule has 1 atom stereocenters. The predicted octanol–water partition coefficient (Wildman–Crippen LogP) is 6.54. The number of anilines is 1. The number of thiazole rings is 1. The first-order chi connectivity index (χ1) is 17.4. The van der Waals surface area contributed by atoms with Crippen molar-refractivity contribution in [3.05, 3.63) is 94.0 Å². The maximum Gasteiger partial charge on any atom is 0.301 e. The molecule has 36 heavy (non-hydrogen) atoms. The van der Waals surface area contributed by atoms with Crippen molar-refractivity contribution in [1.82, 2.24) is 4.98 Å². The van der Waals surface area contributed by atoms with E-state index in [0.29, 0.717) is 39.2 Å². The molecule has 3 aromatic carbocycles. The second-order valence-electron chi connectivity index (χ2n) is 8.33. The summed E-state index contributed by atoms with van der Waals surface area (Å²) in [6.07, 6.45) is 0.852. The van der Waals surface area contributed by atoms with Crippen LogP contribution in [0.25, 0.3) is 16.0 Å². The number of hydrogen-bond donors (Lipinski definition) is 1. The van der Waals surface area contributed by atoms with E-state index in [1.165, 1.54) is 16.2 Å². The number of nitrogens with zero attached hydrogens (tertiary/aromatic N) is 2. The van der Waals surface area contributed by atoms with Crippen LogP contribution >= 0.6 is 22.9 Å². The number of aliphatic hydroxyl groups is 1. The summed E-state index contributed by atoms with van der Waals surface area (Å²) in [7, 11) is 0. The van der Waals surface area contributed by atoms with Gasteiger partial charge in [-0.15, -0.1) is 0 Å². The van der Waals surface area contributed by atoms with E-state index in [0.717, 1.165) is 16.7 Å². The van der Waals surface area contributed by atoms with Crippen LogP contribution in [0.5, 0.6) is 5.75 Å². The number of aliphatic hydroxyl groups excluding tert-OH is 1. The third-order valence-electron chi connectivity index (χ3n) is 6.13. The van der Waals surface area contributed by atoms with E-state index in [4.69, 9.17) is 16.3 Å². The van der Waals surface area contributed by atoms with E-state index >= 15 is 0 Å². The Balaban J connectivity index is 1.68. The number of aryl methyl sites for hydroxylation is 1. The van der Waals surface area contributed by atoms with Crippen molar-refractivity contribution in [2.45, 2.75) is 26.3 Å². The molecule has 0 radical (unpaired) electrons. The average molecular weight is 519 g/mol. The Morgan fingerprint density at radius 3 is 2.44 bits per heavy atom. The minimum atomic E-state index is -0.835. The van der Waals surface area contributed by atoms with Crippen LogP contribution in [0.1, 0.15) is 36.6 Å². The van der Waals surface area contributed by atoms with Gasteiger partial charge in [0.25, 0.3) is 5.78 Å². The van der Waals surface area contributed by atoms with Crippen molar-refractivity contribution >= 4 is 55.7 Å². The van der Waals surface area contributed by atoms with Gasteiger partial charge in [-0.25, -0.2) is 4.98 Å². The topological polar surface area (TPSA) is 79.7 Å². The summed E-state index contributed by atoms with van der Waals surface area (Å²) in [5.74, 6) is -1.09. The molecule has 2 heterocycles. The highest BCUT2D eigenvalue weighted by molar-refractivity contribution is 7.22. The third-order valence-corrected chi connectivity index (χ3v) is 7.38. The van der Waals surface area contributed by atoms with Crippen molar-refractivity contribution in [3.63, 3.8) is 0 Å². The number of hydrogen-bond acceptors (Lipinski definition) is 6. The highest BCUT2D eigenvalue weighted by Crippen LogP contribution is 2.44. The first-order valence-corrected chi connectivity index (χ1v) is 12.8. The van der Waals surface area contributed by atoms with Crippen LogP contribution in [-0.4, -0.2) is 28.4 Å². The largest absolute Gasteiger partial charge is 0.507 e. The molecule has 1 aliphatic heterocycles. The minimum absolute atomic E-state index is 0.0192. The van der Waals surface area contributed by atoms with Crippen LogP contribution in [0.4, 0.5) is 5.13 Å². The number of rotatable bonds is 6. The highest BCUT2D eigenvalue weighted by atomic mass is 35.5.